The van der Waals surface area contributed by atoms with E-state index in [4.69, 9.17) is 9.26 Å². The number of nitrogens with one attached hydrogen (secondary N) is 1. The number of benzene rings is 1. The number of aromatic nitrogens is 1. The first-order valence-corrected chi connectivity index (χ1v) is 7.94. The van der Waals surface area contributed by atoms with Crippen LogP contribution in [0.25, 0.3) is 0 Å². The predicted octanol–water partition coefficient (Wildman–Crippen LogP) is 3.23. The Labute approximate surface area is 135 Å². The summed E-state index contributed by atoms with van der Waals surface area (Å²) in [7, 11) is 0. The van der Waals surface area contributed by atoms with E-state index >= 15 is 0 Å². The fraction of sp³-hybridized carbons (Fsp3) is 0.412. The summed E-state index contributed by atoms with van der Waals surface area (Å²) in [6, 6.07) is 11.7. The summed E-state index contributed by atoms with van der Waals surface area (Å²) >= 11 is 0. The lowest BCUT2D eigenvalue weighted by Gasteiger charge is -2.19. The molecule has 2 aromatic rings. The Kier molecular flexibility index (Phi) is 4.92. The highest BCUT2D eigenvalue weighted by Gasteiger charge is 2.22. The molecule has 1 saturated heterocycles. The Hall–Kier alpha value is -2.34. The molecule has 0 bridgehead atoms. The van der Waals surface area contributed by atoms with E-state index < -0.39 is 0 Å². The number of anilines is 1. The van der Waals surface area contributed by atoms with Crippen LogP contribution in [-0.4, -0.2) is 35.8 Å². The van der Waals surface area contributed by atoms with Gasteiger partial charge in [0.25, 0.3) is 0 Å². The predicted molar refractivity (Wildman–Crippen MR) is 86.2 cm³/mol. The average Bonchev–Trinajstić information content (AvgIpc) is 2.89. The molecule has 1 fully saturated rings. The Balaban J connectivity index is 1.58. The Morgan fingerprint density at radius 1 is 1.35 bits per heavy atom. The zero-order chi connectivity index (χ0) is 16.1. The number of hydrogen-bond acceptors (Lipinski definition) is 4. The van der Waals surface area contributed by atoms with Crippen LogP contribution in [0.15, 0.2) is 40.9 Å². The highest BCUT2D eigenvalue weighted by atomic mass is 16.5. The fourth-order valence-electron chi connectivity index (χ4n) is 2.63. The number of rotatable bonds is 3. The lowest BCUT2D eigenvalue weighted by molar-refractivity contribution is 0.0627. The van der Waals surface area contributed by atoms with E-state index in [9.17, 15) is 4.79 Å². The van der Waals surface area contributed by atoms with Gasteiger partial charge in [0.2, 0.25) is 0 Å². The molecular weight excluding hydrogens is 294 g/mol. The van der Waals surface area contributed by atoms with Crippen LogP contribution < -0.4 is 5.32 Å². The van der Waals surface area contributed by atoms with Crippen LogP contribution in [0.5, 0.6) is 0 Å². The molecule has 1 N–H and O–H groups in total. The van der Waals surface area contributed by atoms with Gasteiger partial charge < -0.3 is 14.2 Å². The second kappa shape index (κ2) is 7.28. The van der Waals surface area contributed by atoms with Crippen LogP contribution in [0, 0.1) is 0 Å². The molecular formula is C17H21N3O3. The number of aryl methyl sites for hydroxylation is 1. The van der Waals surface area contributed by atoms with Gasteiger partial charge in [-0.25, -0.2) is 4.79 Å². The van der Waals surface area contributed by atoms with Crippen molar-refractivity contribution in [3.05, 3.63) is 47.7 Å². The molecule has 2 heterocycles. The monoisotopic (exact) mass is 315 g/mol. The summed E-state index contributed by atoms with van der Waals surface area (Å²) in [6.45, 7) is 3.70. The lowest BCUT2D eigenvalue weighted by atomic mass is 10.1. The van der Waals surface area contributed by atoms with Crippen LogP contribution in [-0.2, 0) is 11.2 Å². The summed E-state index contributed by atoms with van der Waals surface area (Å²) in [5.41, 5.74) is 1.15. The summed E-state index contributed by atoms with van der Waals surface area (Å²) in [6.07, 6.45) is 1.56. The lowest BCUT2D eigenvalue weighted by Crippen LogP contribution is -2.36. The van der Waals surface area contributed by atoms with Crippen molar-refractivity contribution in [2.24, 2.45) is 0 Å². The van der Waals surface area contributed by atoms with E-state index in [1.54, 1.807) is 11.0 Å². The van der Waals surface area contributed by atoms with Gasteiger partial charge in [0.05, 0.1) is 12.7 Å². The Morgan fingerprint density at radius 2 is 2.17 bits per heavy atom. The van der Waals surface area contributed by atoms with Crippen molar-refractivity contribution in [2.45, 2.75) is 25.9 Å². The molecule has 6 nitrogen and oxygen atoms in total. The zero-order valence-corrected chi connectivity index (χ0v) is 13.2. The first kappa shape index (κ1) is 15.6. The standard InChI is InChI=1S/C17H21N3O3/c1-2-14-12-16(19-23-14)18-17(21)20-9-8-15(22-11-10-20)13-6-4-3-5-7-13/h3-7,12,15H,2,8-11H2,1H3,(H,18,19,21). The molecule has 1 aromatic carbocycles. The maximum absolute atomic E-state index is 12.3. The third-order valence-electron chi connectivity index (χ3n) is 3.94. The summed E-state index contributed by atoms with van der Waals surface area (Å²) < 4.78 is 11.0. The van der Waals surface area contributed by atoms with Crippen LogP contribution in [0.4, 0.5) is 10.6 Å². The smallest absolute Gasteiger partial charge is 0.323 e. The van der Waals surface area contributed by atoms with E-state index in [0.717, 1.165) is 24.2 Å². The summed E-state index contributed by atoms with van der Waals surface area (Å²) in [5, 5.41) is 6.62. The molecule has 2 amide bonds. The molecule has 1 unspecified atom stereocenters. The second-order valence-electron chi connectivity index (χ2n) is 5.51. The summed E-state index contributed by atoms with van der Waals surface area (Å²) in [5.74, 6) is 1.21. The Morgan fingerprint density at radius 3 is 2.91 bits per heavy atom. The van der Waals surface area contributed by atoms with Gasteiger partial charge in [-0.05, 0) is 12.0 Å². The van der Waals surface area contributed by atoms with Gasteiger partial charge in [-0.15, -0.1) is 0 Å². The van der Waals surface area contributed by atoms with Gasteiger partial charge in [-0.1, -0.05) is 42.4 Å². The molecule has 0 radical (unpaired) electrons. The summed E-state index contributed by atoms with van der Waals surface area (Å²) in [4.78, 5) is 14.1. The minimum atomic E-state index is -0.168. The maximum Gasteiger partial charge on any atom is 0.323 e. The number of carbonyl (C=O) groups is 1. The second-order valence-corrected chi connectivity index (χ2v) is 5.51. The molecule has 0 spiro atoms. The van der Waals surface area contributed by atoms with E-state index in [2.05, 4.69) is 22.6 Å². The van der Waals surface area contributed by atoms with Gasteiger partial charge in [0.15, 0.2) is 5.82 Å². The average molecular weight is 315 g/mol. The highest BCUT2D eigenvalue weighted by molar-refractivity contribution is 5.88. The van der Waals surface area contributed by atoms with Gasteiger partial charge >= 0.3 is 6.03 Å². The quantitative estimate of drug-likeness (QED) is 0.944. The van der Waals surface area contributed by atoms with Crippen molar-refractivity contribution in [3.63, 3.8) is 0 Å². The normalized spacial score (nSPS) is 18.5. The van der Waals surface area contributed by atoms with Crippen molar-refractivity contribution in [2.75, 3.05) is 25.0 Å². The number of carbonyl (C=O) groups excluding carboxylic acids is 1. The van der Waals surface area contributed by atoms with Crippen molar-refractivity contribution in [1.82, 2.24) is 10.1 Å². The minimum absolute atomic E-state index is 0.0349. The highest BCUT2D eigenvalue weighted by Crippen LogP contribution is 2.23. The topological polar surface area (TPSA) is 67.6 Å². The van der Waals surface area contributed by atoms with Gasteiger partial charge in [-0.2, -0.15) is 0 Å². The number of hydrogen-bond donors (Lipinski definition) is 1. The van der Waals surface area contributed by atoms with Gasteiger partial charge in [0, 0.05) is 25.6 Å². The number of nitrogens with zero attached hydrogens (tertiary/aromatic N) is 2. The van der Waals surface area contributed by atoms with Gasteiger partial charge in [-0.3, -0.25) is 5.32 Å². The molecule has 1 atom stereocenters. The van der Waals surface area contributed by atoms with Crippen molar-refractivity contribution < 1.29 is 14.1 Å². The van der Waals surface area contributed by atoms with Crippen LogP contribution in [0.2, 0.25) is 0 Å². The van der Waals surface area contributed by atoms with E-state index in [0.29, 0.717) is 25.5 Å². The molecule has 3 rings (SSSR count). The minimum Gasteiger partial charge on any atom is -0.372 e. The van der Waals surface area contributed by atoms with Crippen LogP contribution in [0.1, 0.15) is 30.8 Å². The van der Waals surface area contributed by atoms with Crippen molar-refractivity contribution in [1.29, 1.82) is 0 Å². The number of urea groups is 1. The van der Waals surface area contributed by atoms with E-state index in [1.807, 2.05) is 25.1 Å². The number of amides is 2. The fourth-order valence-corrected chi connectivity index (χ4v) is 2.63. The SMILES string of the molecule is CCc1cc(NC(=O)N2CCOC(c3ccccc3)CC2)no1. The maximum atomic E-state index is 12.3. The molecule has 6 heteroatoms. The first-order chi connectivity index (χ1) is 11.3. The van der Waals surface area contributed by atoms with Crippen molar-refractivity contribution in [3.8, 4) is 0 Å². The van der Waals surface area contributed by atoms with Crippen LogP contribution in [0.3, 0.4) is 0 Å². The molecule has 122 valence electrons. The molecule has 1 aromatic heterocycles. The molecule has 0 aliphatic carbocycles. The van der Waals surface area contributed by atoms with Gasteiger partial charge in [0.1, 0.15) is 5.76 Å². The van der Waals surface area contributed by atoms with Crippen LogP contribution >= 0.6 is 0 Å². The van der Waals surface area contributed by atoms with E-state index in [-0.39, 0.29) is 12.1 Å². The molecule has 1 aliphatic rings. The Bertz CT molecular complexity index is 642. The largest absolute Gasteiger partial charge is 0.372 e. The molecule has 23 heavy (non-hydrogen) atoms. The third kappa shape index (κ3) is 3.90. The zero-order valence-electron chi connectivity index (χ0n) is 13.2. The molecule has 0 saturated carbocycles. The molecule has 1 aliphatic heterocycles. The number of ether oxygens (including phenoxy) is 1. The van der Waals surface area contributed by atoms with Crippen molar-refractivity contribution >= 4 is 11.8 Å². The third-order valence-corrected chi connectivity index (χ3v) is 3.94. The van der Waals surface area contributed by atoms with E-state index in [1.165, 1.54) is 0 Å². The first-order valence-electron chi connectivity index (χ1n) is 7.94.